The van der Waals surface area contributed by atoms with Crippen LogP contribution in [0.25, 0.3) is 0 Å². The van der Waals surface area contributed by atoms with Gasteiger partial charge in [0.05, 0.1) is 0 Å². The molecule has 0 atom stereocenters. The second kappa shape index (κ2) is 8.45. The predicted octanol–water partition coefficient (Wildman–Crippen LogP) is 2.44. The first kappa shape index (κ1) is 23.2. The van der Waals surface area contributed by atoms with E-state index in [0.29, 0.717) is 58.6 Å². The Bertz CT molecular complexity index is 1380. The molecule has 0 radical (unpaired) electrons. The van der Waals surface area contributed by atoms with Gasteiger partial charge in [-0.2, -0.15) is 0 Å². The molecule has 6 rings (SSSR count). The maximum atomic E-state index is 13.1. The molecule has 11 heteroatoms. The van der Waals surface area contributed by atoms with Crippen LogP contribution in [0.15, 0.2) is 60.7 Å². The van der Waals surface area contributed by atoms with Crippen LogP contribution < -0.4 is 35.2 Å². The van der Waals surface area contributed by atoms with E-state index in [9.17, 15) is 14.4 Å². The molecular formula is C26H24AsN3O7. The van der Waals surface area contributed by atoms with Crippen LogP contribution in [-0.4, -0.2) is 44.6 Å². The van der Waals surface area contributed by atoms with E-state index in [1.54, 1.807) is 60.7 Å². The number of anilines is 1. The Morgan fingerprint density at radius 3 is 1.76 bits per heavy atom. The topological polar surface area (TPSA) is 124 Å². The minimum atomic E-state index is -5.48. The van der Waals surface area contributed by atoms with Gasteiger partial charge in [-0.25, -0.2) is 0 Å². The van der Waals surface area contributed by atoms with Crippen molar-refractivity contribution in [1.29, 1.82) is 0 Å². The Hall–Kier alpha value is -4.17. The van der Waals surface area contributed by atoms with Gasteiger partial charge in [0.25, 0.3) is 0 Å². The molecule has 1 spiro atoms. The molecule has 3 aromatic rings. The van der Waals surface area contributed by atoms with Crippen molar-refractivity contribution in [3.8, 4) is 23.0 Å². The normalized spacial score (nSPS) is 19.5. The van der Waals surface area contributed by atoms with Crippen molar-refractivity contribution in [3.63, 3.8) is 0 Å². The molecule has 3 heterocycles. The number of hydrogen-bond donors (Lipinski definition) is 3. The Balaban J connectivity index is 1.54. The van der Waals surface area contributed by atoms with Crippen LogP contribution in [0, 0.1) is 0 Å². The molecule has 37 heavy (non-hydrogen) atoms. The zero-order valence-corrected chi connectivity index (χ0v) is 21.8. The van der Waals surface area contributed by atoms with Gasteiger partial charge in [-0.3, -0.25) is 0 Å². The number of amides is 3. The molecule has 3 N–H and O–H groups in total. The van der Waals surface area contributed by atoms with Gasteiger partial charge in [-0.15, -0.1) is 0 Å². The standard InChI is InChI=1S/C26H24AsN3O7/c1-16(31)30-18-12-10-17(11-13-18)27-34-21-8-4-6-19(23(21)36-27)25(32)28-14-2-3-15-29-26(33)20-7-5-9-22(35-27)24(20)37-27/h4-13H,2-3,14-15H2,1H3,(H,28,32)(H,29,33)(H,30,31). The van der Waals surface area contributed by atoms with Crippen molar-refractivity contribution >= 4 is 41.6 Å². The van der Waals surface area contributed by atoms with Gasteiger partial charge in [0.2, 0.25) is 0 Å². The van der Waals surface area contributed by atoms with Crippen molar-refractivity contribution in [3.05, 3.63) is 71.8 Å². The summed E-state index contributed by atoms with van der Waals surface area (Å²) in [5.74, 6) is 0.184. The third kappa shape index (κ3) is 3.76. The van der Waals surface area contributed by atoms with Gasteiger partial charge in [0.15, 0.2) is 0 Å². The number of para-hydroxylation sites is 2. The summed E-state index contributed by atoms with van der Waals surface area (Å²) in [7, 11) is 0. The Labute approximate surface area is 214 Å². The third-order valence-corrected chi connectivity index (χ3v) is 12.9. The molecule has 0 saturated carbocycles. The first-order chi connectivity index (χ1) is 17.9. The molecule has 3 bridgehead atoms. The number of nitrogens with one attached hydrogen (secondary N) is 3. The van der Waals surface area contributed by atoms with Crippen LogP contribution in [0.5, 0.6) is 23.0 Å². The van der Waals surface area contributed by atoms with Crippen molar-refractivity contribution in [2.75, 3.05) is 18.4 Å². The molecule has 190 valence electrons. The van der Waals surface area contributed by atoms with Gasteiger partial charge < -0.3 is 0 Å². The van der Waals surface area contributed by atoms with Crippen molar-refractivity contribution in [1.82, 2.24) is 10.6 Å². The molecule has 0 fully saturated rings. The summed E-state index contributed by atoms with van der Waals surface area (Å²) in [5.41, 5.74) is 1.15. The van der Waals surface area contributed by atoms with E-state index >= 15 is 0 Å². The fraction of sp³-hybridized carbons (Fsp3) is 0.192. The first-order valence-electron chi connectivity index (χ1n) is 11.9. The van der Waals surface area contributed by atoms with Crippen LogP contribution in [-0.2, 0) is 4.79 Å². The van der Waals surface area contributed by atoms with Crippen molar-refractivity contribution in [2.45, 2.75) is 19.8 Å². The summed E-state index contributed by atoms with van der Waals surface area (Å²) >= 11 is -5.48. The van der Waals surface area contributed by atoms with E-state index < -0.39 is 13.8 Å². The summed E-state index contributed by atoms with van der Waals surface area (Å²) < 4.78 is 26.7. The summed E-state index contributed by atoms with van der Waals surface area (Å²) in [4.78, 5) is 37.7. The van der Waals surface area contributed by atoms with E-state index in [4.69, 9.17) is 14.9 Å². The molecule has 3 aliphatic rings. The average molecular weight is 565 g/mol. The zero-order chi connectivity index (χ0) is 25.6. The van der Waals surface area contributed by atoms with Crippen molar-refractivity contribution in [2.24, 2.45) is 0 Å². The van der Waals surface area contributed by atoms with Crippen molar-refractivity contribution < 1.29 is 29.3 Å². The van der Waals surface area contributed by atoms with Crippen LogP contribution in [0.4, 0.5) is 5.69 Å². The molecule has 10 nitrogen and oxygen atoms in total. The van der Waals surface area contributed by atoms with E-state index in [2.05, 4.69) is 16.0 Å². The van der Waals surface area contributed by atoms with E-state index in [0.717, 1.165) is 0 Å². The quantitative estimate of drug-likeness (QED) is 0.408. The first-order valence-corrected chi connectivity index (χ1v) is 15.9. The van der Waals surface area contributed by atoms with E-state index in [1.807, 2.05) is 0 Å². The van der Waals surface area contributed by atoms with Crippen LogP contribution in [0.2, 0.25) is 0 Å². The summed E-state index contributed by atoms with van der Waals surface area (Å²) in [6.07, 6.45) is 1.38. The predicted molar refractivity (Wildman–Crippen MR) is 135 cm³/mol. The molecule has 0 saturated heterocycles. The number of carbonyl (C=O) groups is 3. The minimum absolute atomic E-state index is 0.214. The second-order valence-electron chi connectivity index (χ2n) is 8.89. The van der Waals surface area contributed by atoms with Gasteiger partial charge in [-0.05, 0) is 0 Å². The molecule has 0 unspecified atom stereocenters. The number of carbonyl (C=O) groups excluding carboxylic acids is 3. The van der Waals surface area contributed by atoms with Crippen LogP contribution >= 0.6 is 0 Å². The fourth-order valence-corrected chi connectivity index (χ4v) is 11.4. The third-order valence-electron chi connectivity index (χ3n) is 6.24. The van der Waals surface area contributed by atoms with E-state index in [1.165, 1.54) is 6.92 Å². The maximum absolute atomic E-state index is 13.1. The molecule has 0 aliphatic carbocycles. The van der Waals surface area contributed by atoms with Crippen LogP contribution in [0.1, 0.15) is 40.5 Å². The zero-order valence-electron chi connectivity index (χ0n) is 19.9. The summed E-state index contributed by atoms with van der Waals surface area (Å²) in [5, 5.41) is 8.53. The SMILES string of the molecule is CC(=O)Nc1ccc([As]234Oc5cccc(c5O2)C(=O)NCCCCNC(=O)c2cccc(c2O3)O4)cc1. The fourth-order valence-electron chi connectivity index (χ4n) is 4.53. The van der Waals surface area contributed by atoms with Gasteiger partial charge in [0, 0.05) is 0 Å². The molecule has 3 aliphatic heterocycles. The average Bonchev–Trinajstić information content (AvgIpc) is 3.40. The van der Waals surface area contributed by atoms with Gasteiger partial charge in [-0.1, -0.05) is 0 Å². The Morgan fingerprint density at radius 1 is 0.757 bits per heavy atom. The Morgan fingerprint density at radius 2 is 1.27 bits per heavy atom. The molecule has 3 amide bonds. The molecule has 0 aromatic heterocycles. The number of benzene rings is 3. The van der Waals surface area contributed by atoms with Gasteiger partial charge in [0.1, 0.15) is 0 Å². The summed E-state index contributed by atoms with van der Waals surface area (Å²) in [6, 6.07) is 16.8. The molecule has 3 aromatic carbocycles. The molecular weight excluding hydrogens is 541 g/mol. The second-order valence-corrected chi connectivity index (χ2v) is 14.9. The monoisotopic (exact) mass is 565 g/mol. The number of hydrogen-bond acceptors (Lipinski definition) is 7. The van der Waals surface area contributed by atoms with E-state index in [-0.39, 0.29) is 29.2 Å². The number of rotatable bonds is 2. The summed E-state index contributed by atoms with van der Waals surface area (Å²) in [6.45, 7) is 2.29. The van der Waals surface area contributed by atoms with Gasteiger partial charge >= 0.3 is 214 Å². The Kier molecular flexibility index (Phi) is 5.31. The van der Waals surface area contributed by atoms with Crippen LogP contribution in [0.3, 0.4) is 0 Å².